The highest BCUT2D eigenvalue weighted by atomic mass is 79.9. The highest BCUT2D eigenvalue weighted by Gasteiger charge is 2.13. The summed E-state index contributed by atoms with van der Waals surface area (Å²) in [5.74, 6) is 0.549. The molecular weight excluding hydrogens is 391 g/mol. The Balaban J connectivity index is 1.84. The molecule has 2 aromatic heterocycles. The summed E-state index contributed by atoms with van der Waals surface area (Å²) in [5.41, 5.74) is 3.77. The molecule has 0 aliphatic heterocycles. The first-order valence-corrected chi connectivity index (χ1v) is 7.78. The standard InChI is InChI=1S/C13H7BrCl2N6/c14-5-4-8-11(12-10(5)20-22-21-12)19-13(18-8)17-7-3-1-2-6(15)9(7)16/h1-4H,(H2,17,18,19)(H,20,21,22). The van der Waals surface area contributed by atoms with Gasteiger partial charge >= 0.3 is 0 Å². The van der Waals surface area contributed by atoms with Crippen molar-refractivity contribution in [2.45, 2.75) is 0 Å². The molecule has 0 aliphatic carbocycles. The molecule has 6 nitrogen and oxygen atoms in total. The zero-order valence-electron chi connectivity index (χ0n) is 10.8. The van der Waals surface area contributed by atoms with Crippen LogP contribution in [0.3, 0.4) is 0 Å². The van der Waals surface area contributed by atoms with Crippen molar-refractivity contribution in [2.24, 2.45) is 0 Å². The van der Waals surface area contributed by atoms with Gasteiger partial charge in [0.2, 0.25) is 5.95 Å². The third kappa shape index (κ3) is 2.13. The van der Waals surface area contributed by atoms with Crippen LogP contribution < -0.4 is 5.32 Å². The number of rotatable bonds is 2. The monoisotopic (exact) mass is 396 g/mol. The third-order valence-electron chi connectivity index (χ3n) is 3.22. The largest absolute Gasteiger partial charge is 0.324 e. The molecular formula is C13H7BrCl2N6. The molecule has 3 N–H and O–H groups in total. The Morgan fingerprint density at radius 2 is 2.05 bits per heavy atom. The first-order chi connectivity index (χ1) is 10.6. The molecule has 0 spiro atoms. The van der Waals surface area contributed by atoms with Crippen LogP contribution in [0.1, 0.15) is 0 Å². The van der Waals surface area contributed by atoms with E-state index < -0.39 is 0 Å². The van der Waals surface area contributed by atoms with Crippen molar-refractivity contribution in [3.63, 3.8) is 0 Å². The Morgan fingerprint density at radius 1 is 1.18 bits per heavy atom. The van der Waals surface area contributed by atoms with E-state index in [1.165, 1.54) is 0 Å². The Labute approximate surface area is 142 Å². The molecule has 0 radical (unpaired) electrons. The lowest BCUT2D eigenvalue weighted by atomic mass is 10.3. The van der Waals surface area contributed by atoms with Crippen LogP contribution in [0.25, 0.3) is 22.1 Å². The molecule has 4 rings (SSSR count). The van der Waals surface area contributed by atoms with Gasteiger partial charge < -0.3 is 10.3 Å². The predicted octanol–water partition coefficient (Wildman–Crippen LogP) is 4.65. The van der Waals surface area contributed by atoms with Gasteiger partial charge in [0, 0.05) is 4.47 Å². The molecule has 4 aromatic rings. The van der Waals surface area contributed by atoms with Crippen LogP contribution in [-0.4, -0.2) is 25.4 Å². The summed E-state index contributed by atoms with van der Waals surface area (Å²) in [4.78, 5) is 7.69. The van der Waals surface area contributed by atoms with Crippen molar-refractivity contribution in [1.29, 1.82) is 0 Å². The third-order valence-corrected chi connectivity index (χ3v) is 4.65. The normalized spacial score (nSPS) is 11.4. The SMILES string of the molecule is Clc1cccc(Nc2nc3cc(Br)c4nn[nH]c4c3[nH]2)c1Cl. The lowest BCUT2D eigenvalue weighted by Gasteiger charge is -2.05. The Kier molecular flexibility index (Phi) is 3.21. The number of nitrogens with one attached hydrogen (secondary N) is 3. The Hall–Kier alpha value is -1.83. The molecule has 0 unspecified atom stereocenters. The lowest BCUT2D eigenvalue weighted by Crippen LogP contribution is -1.93. The number of imidazole rings is 1. The molecule has 2 heterocycles. The first-order valence-electron chi connectivity index (χ1n) is 6.23. The number of hydrogen-bond acceptors (Lipinski definition) is 4. The fourth-order valence-corrected chi connectivity index (χ4v) is 3.07. The average molecular weight is 398 g/mol. The fraction of sp³-hybridized carbons (Fsp3) is 0. The number of halogens is 3. The minimum absolute atomic E-state index is 0.444. The molecule has 9 heteroatoms. The van der Waals surface area contributed by atoms with Gasteiger partial charge in [-0.05, 0) is 34.1 Å². The summed E-state index contributed by atoms with van der Waals surface area (Å²) < 4.78 is 0.822. The van der Waals surface area contributed by atoms with Crippen LogP contribution in [0.5, 0.6) is 0 Å². The first kappa shape index (κ1) is 13.8. The summed E-state index contributed by atoms with van der Waals surface area (Å²) >= 11 is 15.6. The maximum absolute atomic E-state index is 6.17. The summed E-state index contributed by atoms with van der Waals surface area (Å²) in [5, 5.41) is 14.8. The van der Waals surface area contributed by atoms with E-state index in [9.17, 15) is 0 Å². The van der Waals surface area contributed by atoms with Gasteiger partial charge in [0.1, 0.15) is 11.0 Å². The van der Waals surface area contributed by atoms with Crippen molar-refractivity contribution in [3.8, 4) is 0 Å². The summed E-state index contributed by atoms with van der Waals surface area (Å²) in [6.07, 6.45) is 0. The van der Waals surface area contributed by atoms with Crippen LogP contribution in [0.2, 0.25) is 10.0 Å². The highest BCUT2D eigenvalue weighted by molar-refractivity contribution is 9.10. The number of anilines is 2. The number of hydrogen-bond donors (Lipinski definition) is 3. The van der Waals surface area contributed by atoms with Crippen molar-refractivity contribution < 1.29 is 0 Å². The second kappa shape index (κ2) is 5.12. The van der Waals surface area contributed by atoms with Gasteiger partial charge in [-0.25, -0.2) is 4.98 Å². The Bertz CT molecular complexity index is 1010. The molecule has 0 atom stereocenters. The molecule has 22 heavy (non-hydrogen) atoms. The van der Waals surface area contributed by atoms with Crippen molar-refractivity contribution in [3.05, 3.63) is 38.8 Å². The topological polar surface area (TPSA) is 82.3 Å². The van der Waals surface area contributed by atoms with Crippen molar-refractivity contribution in [2.75, 3.05) is 5.32 Å². The van der Waals surface area contributed by atoms with Gasteiger partial charge in [0.05, 0.1) is 26.8 Å². The van der Waals surface area contributed by atoms with Gasteiger partial charge in [0.15, 0.2) is 0 Å². The van der Waals surface area contributed by atoms with Crippen LogP contribution in [0, 0.1) is 0 Å². The molecule has 0 fully saturated rings. The van der Waals surface area contributed by atoms with E-state index in [-0.39, 0.29) is 0 Å². The fourth-order valence-electron chi connectivity index (χ4n) is 2.23. The smallest absolute Gasteiger partial charge is 0.205 e. The number of H-pyrrole nitrogens is 2. The van der Waals surface area contributed by atoms with Gasteiger partial charge in [-0.3, -0.25) is 5.10 Å². The zero-order valence-corrected chi connectivity index (χ0v) is 13.9. The zero-order chi connectivity index (χ0) is 15.3. The van der Waals surface area contributed by atoms with E-state index in [2.05, 4.69) is 46.6 Å². The van der Waals surface area contributed by atoms with E-state index in [1.807, 2.05) is 18.2 Å². The second-order valence-corrected chi connectivity index (χ2v) is 6.24. The van der Waals surface area contributed by atoms with Gasteiger partial charge in [-0.1, -0.05) is 34.5 Å². The van der Waals surface area contributed by atoms with Gasteiger partial charge in [-0.2, -0.15) is 0 Å². The molecule has 0 aliphatic rings. The average Bonchev–Trinajstić information content (AvgIpc) is 3.10. The van der Waals surface area contributed by atoms with Crippen LogP contribution >= 0.6 is 39.1 Å². The number of aromatic nitrogens is 5. The number of benzene rings is 2. The van der Waals surface area contributed by atoms with E-state index in [4.69, 9.17) is 23.2 Å². The summed E-state index contributed by atoms with van der Waals surface area (Å²) in [6.45, 7) is 0. The summed E-state index contributed by atoms with van der Waals surface area (Å²) in [7, 11) is 0. The Morgan fingerprint density at radius 3 is 2.91 bits per heavy atom. The number of nitrogens with zero attached hydrogens (tertiary/aromatic N) is 3. The molecule has 110 valence electrons. The maximum atomic E-state index is 6.17. The molecule has 0 amide bonds. The van der Waals surface area contributed by atoms with Crippen molar-refractivity contribution in [1.82, 2.24) is 25.4 Å². The van der Waals surface area contributed by atoms with Crippen LogP contribution in [0.15, 0.2) is 28.7 Å². The van der Waals surface area contributed by atoms with Gasteiger partial charge in [-0.15, -0.1) is 5.10 Å². The van der Waals surface area contributed by atoms with E-state index in [1.54, 1.807) is 6.07 Å². The number of aromatic amines is 2. The van der Waals surface area contributed by atoms with Crippen LogP contribution in [0.4, 0.5) is 11.6 Å². The van der Waals surface area contributed by atoms with E-state index in [0.29, 0.717) is 21.7 Å². The van der Waals surface area contributed by atoms with Crippen molar-refractivity contribution >= 4 is 72.8 Å². The quantitative estimate of drug-likeness (QED) is 0.459. The molecule has 0 saturated heterocycles. The lowest BCUT2D eigenvalue weighted by molar-refractivity contribution is 0.959. The minimum atomic E-state index is 0.444. The molecule has 2 aromatic carbocycles. The molecule has 0 bridgehead atoms. The highest BCUT2D eigenvalue weighted by Crippen LogP contribution is 2.33. The van der Waals surface area contributed by atoms with Gasteiger partial charge in [0.25, 0.3) is 0 Å². The van der Waals surface area contributed by atoms with E-state index >= 15 is 0 Å². The van der Waals surface area contributed by atoms with E-state index in [0.717, 1.165) is 26.5 Å². The number of fused-ring (bicyclic) bond motifs is 3. The second-order valence-electron chi connectivity index (χ2n) is 4.60. The minimum Gasteiger partial charge on any atom is -0.324 e. The predicted molar refractivity (Wildman–Crippen MR) is 91.0 cm³/mol. The molecule has 0 saturated carbocycles. The van der Waals surface area contributed by atoms with Crippen LogP contribution in [-0.2, 0) is 0 Å². The maximum Gasteiger partial charge on any atom is 0.205 e. The summed E-state index contributed by atoms with van der Waals surface area (Å²) in [6, 6.07) is 7.24.